The SMILES string of the molecule is CCCC(N)c1nc(C)cs1. The first-order valence-corrected chi connectivity index (χ1v) is 4.79. The molecule has 0 aliphatic heterocycles. The maximum absolute atomic E-state index is 5.87. The molecular weight excluding hydrogens is 156 g/mol. The molecule has 0 fully saturated rings. The van der Waals surface area contributed by atoms with E-state index in [2.05, 4.69) is 11.9 Å². The second kappa shape index (κ2) is 3.83. The van der Waals surface area contributed by atoms with Gasteiger partial charge in [0.05, 0.1) is 6.04 Å². The summed E-state index contributed by atoms with van der Waals surface area (Å²) in [5, 5.41) is 3.12. The van der Waals surface area contributed by atoms with Crippen LogP contribution in [0.4, 0.5) is 0 Å². The van der Waals surface area contributed by atoms with Crippen molar-refractivity contribution in [3.63, 3.8) is 0 Å². The van der Waals surface area contributed by atoms with Gasteiger partial charge in [0.1, 0.15) is 5.01 Å². The van der Waals surface area contributed by atoms with Gasteiger partial charge in [-0.25, -0.2) is 4.98 Å². The van der Waals surface area contributed by atoms with Gasteiger partial charge in [0.2, 0.25) is 0 Å². The predicted octanol–water partition coefficient (Wildman–Crippen LogP) is 2.25. The Morgan fingerprint density at radius 2 is 2.45 bits per heavy atom. The van der Waals surface area contributed by atoms with Gasteiger partial charge in [-0.15, -0.1) is 11.3 Å². The minimum Gasteiger partial charge on any atom is -0.322 e. The second-order valence-electron chi connectivity index (χ2n) is 2.72. The number of hydrogen-bond donors (Lipinski definition) is 1. The minimum absolute atomic E-state index is 0.152. The van der Waals surface area contributed by atoms with E-state index >= 15 is 0 Å². The quantitative estimate of drug-likeness (QED) is 0.755. The Bertz CT molecular complexity index is 220. The number of rotatable bonds is 3. The minimum atomic E-state index is 0.152. The van der Waals surface area contributed by atoms with Crippen LogP contribution in [0.25, 0.3) is 0 Å². The standard InChI is InChI=1S/C8H14N2S/c1-3-4-7(9)8-10-6(2)5-11-8/h5,7H,3-4,9H2,1-2H3. The maximum Gasteiger partial charge on any atom is 0.110 e. The topological polar surface area (TPSA) is 38.9 Å². The van der Waals surface area contributed by atoms with Gasteiger partial charge in [-0.1, -0.05) is 13.3 Å². The summed E-state index contributed by atoms with van der Waals surface area (Å²) in [4.78, 5) is 4.32. The summed E-state index contributed by atoms with van der Waals surface area (Å²) in [5.74, 6) is 0. The van der Waals surface area contributed by atoms with Gasteiger partial charge in [0, 0.05) is 11.1 Å². The molecule has 0 aliphatic carbocycles. The zero-order valence-electron chi connectivity index (χ0n) is 7.00. The van der Waals surface area contributed by atoms with Crippen LogP contribution < -0.4 is 5.73 Å². The van der Waals surface area contributed by atoms with E-state index in [9.17, 15) is 0 Å². The molecule has 1 rings (SSSR count). The molecule has 1 atom stereocenters. The smallest absolute Gasteiger partial charge is 0.110 e. The number of aryl methyl sites for hydroxylation is 1. The molecule has 0 radical (unpaired) electrons. The molecule has 0 aliphatic rings. The molecule has 1 unspecified atom stereocenters. The van der Waals surface area contributed by atoms with Crippen molar-refractivity contribution in [2.24, 2.45) is 5.73 Å². The largest absolute Gasteiger partial charge is 0.322 e. The average molecular weight is 170 g/mol. The van der Waals surface area contributed by atoms with Gasteiger partial charge in [-0.05, 0) is 13.3 Å². The first-order valence-electron chi connectivity index (χ1n) is 3.91. The summed E-state index contributed by atoms with van der Waals surface area (Å²) in [6.45, 7) is 4.14. The lowest BCUT2D eigenvalue weighted by Crippen LogP contribution is -2.09. The fourth-order valence-corrected chi connectivity index (χ4v) is 1.81. The summed E-state index contributed by atoms with van der Waals surface area (Å²) in [6.07, 6.45) is 2.16. The van der Waals surface area contributed by atoms with E-state index < -0.39 is 0 Å². The van der Waals surface area contributed by atoms with Crippen molar-refractivity contribution in [1.82, 2.24) is 4.98 Å². The zero-order valence-corrected chi connectivity index (χ0v) is 7.82. The number of nitrogens with two attached hydrogens (primary N) is 1. The van der Waals surface area contributed by atoms with Gasteiger partial charge in [0.25, 0.3) is 0 Å². The summed E-state index contributed by atoms with van der Waals surface area (Å²) >= 11 is 1.66. The molecule has 0 spiro atoms. The van der Waals surface area contributed by atoms with Crippen molar-refractivity contribution < 1.29 is 0 Å². The van der Waals surface area contributed by atoms with Crippen LogP contribution in [0, 0.1) is 6.92 Å². The highest BCUT2D eigenvalue weighted by atomic mass is 32.1. The number of aromatic nitrogens is 1. The lowest BCUT2D eigenvalue weighted by Gasteiger charge is -2.04. The van der Waals surface area contributed by atoms with Crippen molar-refractivity contribution in [2.45, 2.75) is 32.7 Å². The first kappa shape index (κ1) is 8.68. The van der Waals surface area contributed by atoms with Crippen LogP contribution in [-0.2, 0) is 0 Å². The van der Waals surface area contributed by atoms with Gasteiger partial charge < -0.3 is 5.73 Å². The van der Waals surface area contributed by atoms with Crippen molar-refractivity contribution >= 4 is 11.3 Å². The van der Waals surface area contributed by atoms with E-state index in [0.29, 0.717) is 0 Å². The van der Waals surface area contributed by atoms with E-state index in [1.807, 2.05) is 12.3 Å². The van der Waals surface area contributed by atoms with Crippen molar-refractivity contribution in [2.75, 3.05) is 0 Å². The normalized spacial score (nSPS) is 13.4. The second-order valence-corrected chi connectivity index (χ2v) is 3.61. The van der Waals surface area contributed by atoms with Crippen LogP contribution >= 0.6 is 11.3 Å². The highest BCUT2D eigenvalue weighted by molar-refractivity contribution is 7.09. The summed E-state index contributed by atoms with van der Waals surface area (Å²) in [7, 11) is 0. The fourth-order valence-electron chi connectivity index (χ4n) is 0.977. The third-order valence-electron chi connectivity index (χ3n) is 1.55. The van der Waals surface area contributed by atoms with E-state index in [0.717, 1.165) is 23.5 Å². The summed E-state index contributed by atoms with van der Waals surface area (Å²) < 4.78 is 0. The molecule has 2 nitrogen and oxygen atoms in total. The third-order valence-corrected chi connectivity index (χ3v) is 2.65. The highest BCUT2D eigenvalue weighted by Crippen LogP contribution is 2.19. The van der Waals surface area contributed by atoms with Crippen molar-refractivity contribution in [1.29, 1.82) is 0 Å². The molecule has 3 heteroatoms. The van der Waals surface area contributed by atoms with Crippen LogP contribution in [0.15, 0.2) is 5.38 Å². The Morgan fingerprint density at radius 3 is 2.91 bits per heavy atom. The number of nitrogens with zero attached hydrogens (tertiary/aromatic N) is 1. The molecular formula is C8H14N2S. The molecule has 1 aromatic heterocycles. The van der Waals surface area contributed by atoms with Gasteiger partial charge in [0.15, 0.2) is 0 Å². The van der Waals surface area contributed by atoms with E-state index in [1.54, 1.807) is 11.3 Å². The Hall–Kier alpha value is -0.410. The Kier molecular flexibility index (Phi) is 3.02. The first-order chi connectivity index (χ1) is 5.24. The molecule has 0 amide bonds. The van der Waals surface area contributed by atoms with Crippen LogP contribution in [0.1, 0.15) is 36.5 Å². The zero-order chi connectivity index (χ0) is 8.27. The van der Waals surface area contributed by atoms with Gasteiger partial charge in [-0.3, -0.25) is 0 Å². The molecule has 2 N–H and O–H groups in total. The lowest BCUT2D eigenvalue weighted by molar-refractivity contribution is 0.633. The maximum atomic E-state index is 5.87. The molecule has 62 valence electrons. The molecule has 1 heterocycles. The molecule has 0 saturated carbocycles. The van der Waals surface area contributed by atoms with Crippen molar-refractivity contribution in [3.05, 3.63) is 16.1 Å². The monoisotopic (exact) mass is 170 g/mol. The van der Waals surface area contributed by atoms with Crippen molar-refractivity contribution in [3.8, 4) is 0 Å². The van der Waals surface area contributed by atoms with Gasteiger partial charge in [-0.2, -0.15) is 0 Å². The predicted molar refractivity (Wildman–Crippen MR) is 48.7 cm³/mol. The summed E-state index contributed by atoms with van der Waals surface area (Å²) in [5.41, 5.74) is 6.95. The van der Waals surface area contributed by atoms with E-state index in [4.69, 9.17) is 5.73 Å². The van der Waals surface area contributed by atoms with E-state index in [1.165, 1.54) is 0 Å². The molecule has 1 aromatic rings. The Morgan fingerprint density at radius 1 is 1.73 bits per heavy atom. The third kappa shape index (κ3) is 2.27. The highest BCUT2D eigenvalue weighted by Gasteiger charge is 2.07. The van der Waals surface area contributed by atoms with Gasteiger partial charge >= 0.3 is 0 Å². The molecule has 0 aromatic carbocycles. The number of hydrogen-bond acceptors (Lipinski definition) is 3. The van der Waals surface area contributed by atoms with Crippen LogP contribution in [0.2, 0.25) is 0 Å². The molecule has 0 saturated heterocycles. The van der Waals surface area contributed by atoms with Crippen LogP contribution in [-0.4, -0.2) is 4.98 Å². The van der Waals surface area contributed by atoms with Crippen LogP contribution in [0.3, 0.4) is 0 Å². The summed E-state index contributed by atoms with van der Waals surface area (Å²) in [6, 6.07) is 0.152. The number of thiazole rings is 1. The van der Waals surface area contributed by atoms with E-state index in [-0.39, 0.29) is 6.04 Å². The lowest BCUT2D eigenvalue weighted by atomic mass is 10.2. The Balaban J connectivity index is 2.60. The fraction of sp³-hybridized carbons (Fsp3) is 0.625. The average Bonchev–Trinajstić information content (AvgIpc) is 2.36. The van der Waals surface area contributed by atoms with Crippen LogP contribution in [0.5, 0.6) is 0 Å². The molecule has 11 heavy (non-hydrogen) atoms. The molecule has 0 bridgehead atoms. The Labute approximate surface area is 71.5 Å².